The number of hydrogen-bond acceptors (Lipinski definition) is 3. The second-order valence-corrected chi connectivity index (χ2v) is 5.84. The molecule has 0 unspecified atom stereocenters. The lowest BCUT2D eigenvalue weighted by Crippen LogP contribution is -2.38. The van der Waals surface area contributed by atoms with Gasteiger partial charge < -0.3 is 21.1 Å². The number of benzene rings is 1. The van der Waals surface area contributed by atoms with Crippen LogP contribution in [0.25, 0.3) is 0 Å². The van der Waals surface area contributed by atoms with Crippen molar-refractivity contribution in [2.45, 2.75) is 25.8 Å². The first-order valence-corrected chi connectivity index (χ1v) is 7.50. The number of urea groups is 1. The second-order valence-electron chi connectivity index (χ2n) is 5.84. The Morgan fingerprint density at radius 1 is 1.43 bits per heavy atom. The number of nitrogens with two attached hydrogens (primary N) is 1. The molecular weight excluding hydrogens is 298 g/mol. The van der Waals surface area contributed by atoms with E-state index in [4.69, 9.17) is 10.8 Å². The largest absolute Gasteiger partial charge is 0.481 e. The first kappa shape index (κ1) is 16.8. The first-order valence-electron chi connectivity index (χ1n) is 7.50. The summed E-state index contributed by atoms with van der Waals surface area (Å²) in [6, 6.07) is 6.26. The Labute approximate surface area is 134 Å². The molecule has 2 atom stereocenters. The van der Waals surface area contributed by atoms with Crippen LogP contribution in [0.4, 0.5) is 4.79 Å². The molecule has 1 aromatic carbocycles. The molecule has 124 valence electrons. The van der Waals surface area contributed by atoms with Gasteiger partial charge in [-0.05, 0) is 18.9 Å². The molecule has 7 heteroatoms. The summed E-state index contributed by atoms with van der Waals surface area (Å²) in [5.41, 5.74) is 7.02. The smallest absolute Gasteiger partial charge is 0.312 e. The number of primary amides is 1. The van der Waals surface area contributed by atoms with Crippen LogP contribution in [-0.4, -0.2) is 41.0 Å². The van der Waals surface area contributed by atoms with Crippen molar-refractivity contribution in [3.63, 3.8) is 0 Å². The Kier molecular flexibility index (Phi) is 5.20. The SMILES string of the molecule is Cc1cccc([C@H](CC(=O)N2CC[C@H](C(=O)O)C2)NC(N)=O)c1. The summed E-state index contributed by atoms with van der Waals surface area (Å²) < 4.78 is 0. The highest BCUT2D eigenvalue weighted by atomic mass is 16.4. The maximum Gasteiger partial charge on any atom is 0.312 e. The number of hydrogen-bond donors (Lipinski definition) is 3. The lowest BCUT2D eigenvalue weighted by Gasteiger charge is -2.22. The van der Waals surface area contributed by atoms with Crippen molar-refractivity contribution in [1.29, 1.82) is 0 Å². The Bertz CT molecular complexity index is 617. The monoisotopic (exact) mass is 319 g/mol. The van der Waals surface area contributed by atoms with Crippen LogP contribution in [0.1, 0.15) is 30.0 Å². The Morgan fingerprint density at radius 3 is 2.74 bits per heavy atom. The van der Waals surface area contributed by atoms with Crippen LogP contribution < -0.4 is 11.1 Å². The molecule has 1 saturated heterocycles. The van der Waals surface area contributed by atoms with E-state index in [1.54, 1.807) is 0 Å². The van der Waals surface area contributed by atoms with E-state index in [0.717, 1.165) is 11.1 Å². The molecule has 0 spiro atoms. The standard InChI is InChI=1S/C16H21N3O4/c1-10-3-2-4-11(7-10)13(18-16(17)23)8-14(20)19-6-5-12(9-19)15(21)22/h2-4,7,12-13H,5-6,8-9H2,1H3,(H,21,22)(H3,17,18,23)/t12-,13-/m0/s1. The summed E-state index contributed by atoms with van der Waals surface area (Å²) in [7, 11) is 0. The molecule has 1 aromatic rings. The first-order chi connectivity index (χ1) is 10.9. The van der Waals surface area contributed by atoms with E-state index < -0.39 is 24.0 Å². The maximum absolute atomic E-state index is 12.4. The van der Waals surface area contributed by atoms with Gasteiger partial charge in [-0.25, -0.2) is 4.79 Å². The Balaban J connectivity index is 2.07. The summed E-state index contributed by atoms with van der Waals surface area (Å²) in [4.78, 5) is 36.1. The third-order valence-corrected chi connectivity index (χ3v) is 4.03. The zero-order valence-electron chi connectivity index (χ0n) is 13.0. The van der Waals surface area contributed by atoms with Crippen molar-refractivity contribution in [2.24, 2.45) is 11.7 Å². The van der Waals surface area contributed by atoms with Gasteiger partial charge in [0.15, 0.2) is 0 Å². The van der Waals surface area contributed by atoms with Crippen molar-refractivity contribution in [2.75, 3.05) is 13.1 Å². The molecule has 23 heavy (non-hydrogen) atoms. The summed E-state index contributed by atoms with van der Waals surface area (Å²) in [6.45, 7) is 2.56. The van der Waals surface area contributed by atoms with Gasteiger partial charge in [0.1, 0.15) is 0 Å². The molecule has 1 aliphatic rings. The van der Waals surface area contributed by atoms with Gasteiger partial charge in [-0.15, -0.1) is 0 Å². The van der Waals surface area contributed by atoms with E-state index in [-0.39, 0.29) is 18.9 Å². The third-order valence-electron chi connectivity index (χ3n) is 4.03. The van der Waals surface area contributed by atoms with Gasteiger partial charge in [0.2, 0.25) is 5.91 Å². The average Bonchev–Trinajstić information content (AvgIpc) is 2.96. The van der Waals surface area contributed by atoms with E-state index in [1.807, 2.05) is 31.2 Å². The van der Waals surface area contributed by atoms with Gasteiger partial charge in [-0.2, -0.15) is 0 Å². The molecule has 1 fully saturated rings. The van der Waals surface area contributed by atoms with Crippen LogP contribution in [0.2, 0.25) is 0 Å². The normalized spacial score (nSPS) is 18.5. The fourth-order valence-corrected chi connectivity index (χ4v) is 2.80. The number of likely N-dealkylation sites (tertiary alicyclic amines) is 1. The minimum atomic E-state index is -0.884. The highest BCUT2D eigenvalue weighted by molar-refractivity contribution is 5.80. The lowest BCUT2D eigenvalue weighted by atomic mass is 10.0. The van der Waals surface area contributed by atoms with Gasteiger partial charge >= 0.3 is 12.0 Å². The summed E-state index contributed by atoms with van der Waals surface area (Å²) in [5, 5.41) is 11.6. The van der Waals surface area contributed by atoms with Gasteiger partial charge in [0.25, 0.3) is 0 Å². The van der Waals surface area contributed by atoms with Crippen LogP contribution in [0, 0.1) is 12.8 Å². The molecular formula is C16H21N3O4. The van der Waals surface area contributed by atoms with Crippen molar-refractivity contribution < 1.29 is 19.5 Å². The highest BCUT2D eigenvalue weighted by Gasteiger charge is 2.32. The molecule has 1 aliphatic heterocycles. The average molecular weight is 319 g/mol. The Hall–Kier alpha value is -2.57. The van der Waals surface area contributed by atoms with Crippen molar-refractivity contribution in [3.8, 4) is 0 Å². The highest BCUT2D eigenvalue weighted by Crippen LogP contribution is 2.22. The van der Waals surface area contributed by atoms with Crippen molar-refractivity contribution >= 4 is 17.9 Å². The number of carbonyl (C=O) groups excluding carboxylic acids is 2. The topological polar surface area (TPSA) is 113 Å². The molecule has 2 rings (SSSR count). The minimum absolute atomic E-state index is 0.0543. The molecule has 0 aromatic heterocycles. The summed E-state index contributed by atoms with van der Waals surface area (Å²) in [6.07, 6.45) is 0.512. The van der Waals surface area contributed by atoms with Gasteiger partial charge in [-0.1, -0.05) is 29.8 Å². The number of aryl methyl sites for hydroxylation is 1. The molecule has 0 bridgehead atoms. The fraction of sp³-hybridized carbons (Fsp3) is 0.438. The summed E-state index contributed by atoms with van der Waals surface area (Å²) in [5.74, 6) is -1.58. The van der Waals surface area contributed by atoms with Gasteiger partial charge in [0, 0.05) is 13.1 Å². The van der Waals surface area contributed by atoms with Crippen LogP contribution in [0.3, 0.4) is 0 Å². The van der Waals surface area contributed by atoms with Crippen molar-refractivity contribution in [1.82, 2.24) is 10.2 Å². The molecule has 0 radical (unpaired) electrons. The predicted octanol–water partition coefficient (Wildman–Crippen LogP) is 1.03. The van der Waals surface area contributed by atoms with Crippen molar-refractivity contribution in [3.05, 3.63) is 35.4 Å². The molecule has 0 saturated carbocycles. The minimum Gasteiger partial charge on any atom is -0.481 e. The molecule has 1 heterocycles. The zero-order chi connectivity index (χ0) is 17.0. The molecule has 4 N–H and O–H groups in total. The summed E-state index contributed by atoms with van der Waals surface area (Å²) >= 11 is 0. The van der Waals surface area contributed by atoms with Crippen LogP contribution >= 0.6 is 0 Å². The number of carbonyl (C=O) groups is 3. The number of carboxylic acid groups (broad SMARTS) is 1. The quantitative estimate of drug-likeness (QED) is 0.752. The molecule has 7 nitrogen and oxygen atoms in total. The lowest BCUT2D eigenvalue weighted by molar-refractivity contribution is -0.141. The van der Waals surface area contributed by atoms with E-state index in [0.29, 0.717) is 13.0 Å². The number of carboxylic acids is 1. The number of nitrogens with zero attached hydrogens (tertiary/aromatic N) is 1. The number of aliphatic carboxylic acids is 1. The van der Waals surface area contributed by atoms with E-state index in [2.05, 4.69) is 5.32 Å². The van der Waals surface area contributed by atoms with E-state index in [9.17, 15) is 14.4 Å². The third kappa shape index (κ3) is 4.45. The van der Waals surface area contributed by atoms with E-state index in [1.165, 1.54) is 4.90 Å². The number of rotatable bonds is 5. The predicted molar refractivity (Wildman–Crippen MR) is 83.6 cm³/mol. The Morgan fingerprint density at radius 2 is 2.17 bits per heavy atom. The van der Waals surface area contributed by atoms with Crippen LogP contribution in [-0.2, 0) is 9.59 Å². The number of amides is 3. The molecule has 0 aliphatic carbocycles. The number of nitrogens with one attached hydrogen (secondary N) is 1. The molecule has 3 amide bonds. The van der Waals surface area contributed by atoms with Gasteiger partial charge in [-0.3, -0.25) is 9.59 Å². The van der Waals surface area contributed by atoms with E-state index >= 15 is 0 Å². The van der Waals surface area contributed by atoms with Gasteiger partial charge in [0.05, 0.1) is 18.4 Å². The van der Waals surface area contributed by atoms with Crippen LogP contribution in [0.15, 0.2) is 24.3 Å². The zero-order valence-corrected chi connectivity index (χ0v) is 13.0. The van der Waals surface area contributed by atoms with Crippen LogP contribution in [0.5, 0.6) is 0 Å². The fourth-order valence-electron chi connectivity index (χ4n) is 2.80. The second kappa shape index (κ2) is 7.13. The maximum atomic E-state index is 12.4.